The molecule has 0 unspecified atom stereocenters. The summed E-state index contributed by atoms with van der Waals surface area (Å²) in [5.41, 5.74) is 5.06. The molecular formula is C26H22N4O2. The Labute approximate surface area is 186 Å². The molecule has 2 heterocycles. The number of amides is 2. The number of rotatable bonds is 5. The lowest BCUT2D eigenvalue weighted by atomic mass is 10.1. The van der Waals surface area contributed by atoms with Crippen LogP contribution in [0.2, 0.25) is 0 Å². The summed E-state index contributed by atoms with van der Waals surface area (Å²) in [6.07, 6.45) is 4.51. The molecule has 1 aromatic heterocycles. The molecule has 6 heteroatoms. The van der Waals surface area contributed by atoms with Gasteiger partial charge in [-0.05, 0) is 66.1 Å². The number of nitrogens with zero attached hydrogens (tertiary/aromatic N) is 3. The Morgan fingerprint density at radius 1 is 0.875 bits per heavy atom. The summed E-state index contributed by atoms with van der Waals surface area (Å²) < 4.78 is 1.83. The third-order valence-electron chi connectivity index (χ3n) is 5.64. The second-order valence-corrected chi connectivity index (χ2v) is 7.77. The van der Waals surface area contributed by atoms with Crippen molar-refractivity contribution in [3.05, 3.63) is 114 Å². The highest BCUT2D eigenvalue weighted by molar-refractivity contribution is 6.08. The smallest absolute Gasteiger partial charge is 0.258 e. The zero-order valence-electron chi connectivity index (χ0n) is 17.4. The van der Waals surface area contributed by atoms with Gasteiger partial charge in [0.2, 0.25) is 0 Å². The summed E-state index contributed by atoms with van der Waals surface area (Å²) in [5.74, 6) is -0.219. The van der Waals surface area contributed by atoms with E-state index in [4.69, 9.17) is 0 Å². The Balaban J connectivity index is 1.23. The molecule has 0 radical (unpaired) electrons. The third kappa shape index (κ3) is 4.03. The van der Waals surface area contributed by atoms with Crippen LogP contribution < -0.4 is 10.2 Å². The predicted molar refractivity (Wildman–Crippen MR) is 124 cm³/mol. The molecule has 1 aliphatic rings. The molecule has 0 spiro atoms. The van der Waals surface area contributed by atoms with E-state index >= 15 is 0 Å². The van der Waals surface area contributed by atoms with E-state index in [0.29, 0.717) is 29.9 Å². The first kappa shape index (κ1) is 19.8. The van der Waals surface area contributed by atoms with Crippen molar-refractivity contribution in [2.75, 3.05) is 16.8 Å². The van der Waals surface area contributed by atoms with E-state index in [9.17, 15) is 9.59 Å². The SMILES string of the molecule is O=C(Nc1ccc(C(=O)N2CCc3ccccc32)cc1)c1ccc(Cn2cccn2)cc1. The van der Waals surface area contributed by atoms with Gasteiger partial charge in [0.15, 0.2) is 0 Å². The van der Waals surface area contributed by atoms with E-state index in [1.54, 1.807) is 42.6 Å². The molecule has 0 aliphatic carbocycles. The summed E-state index contributed by atoms with van der Waals surface area (Å²) in [6, 6.07) is 24.4. The van der Waals surface area contributed by atoms with Crippen LogP contribution in [0, 0.1) is 0 Å². The minimum atomic E-state index is -0.191. The molecule has 0 saturated carbocycles. The first-order chi connectivity index (χ1) is 15.7. The van der Waals surface area contributed by atoms with Crippen LogP contribution in [0.25, 0.3) is 0 Å². The van der Waals surface area contributed by atoms with Crippen LogP contribution in [0.1, 0.15) is 31.8 Å². The lowest BCUT2D eigenvalue weighted by molar-refractivity contribution is 0.0988. The molecule has 1 aliphatic heterocycles. The van der Waals surface area contributed by atoms with Crippen LogP contribution in [0.5, 0.6) is 0 Å². The molecule has 6 nitrogen and oxygen atoms in total. The fourth-order valence-electron chi connectivity index (χ4n) is 3.95. The maximum Gasteiger partial charge on any atom is 0.258 e. The van der Waals surface area contributed by atoms with Gasteiger partial charge in [0.25, 0.3) is 11.8 Å². The van der Waals surface area contributed by atoms with Gasteiger partial charge in [0.05, 0.1) is 6.54 Å². The van der Waals surface area contributed by atoms with Gasteiger partial charge in [-0.2, -0.15) is 5.10 Å². The highest BCUT2D eigenvalue weighted by Crippen LogP contribution is 2.29. The summed E-state index contributed by atoms with van der Waals surface area (Å²) in [5, 5.41) is 7.08. The first-order valence-electron chi connectivity index (χ1n) is 10.5. The number of hydrogen-bond acceptors (Lipinski definition) is 3. The number of fused-ring (bicyclic) bond motifs is 1. The van der Waals surface area contributed by atoms with Crippen LogP contribution in [-0.4, -0.2) is 28.1 Å². The minimum absolute atomic E-state index is 0.0272. The van der Waals surface area contributed by atoms with Crippen LogP contribution in [0.3, 0.4) is 0 Å². The number of anilines is 2. The Morgan fingerprint density at radius 2 is 1.62 bits per heavy atom. The van der Waals surface area contributed by atoms with Gasteiger partial charge in [0.1, 0.15) is 0 Å². The van der Waals surface area contributed by atoms with E-state index < -0.39 is 0 Å². The standard InChI is InChI=1S/C26H22N4O2/c31-25(21-8-6-19(7-9-21)18-29-16-3-15-27-29)28-23-12-10-22(11-13-23)26(32)30-17-14-20-4-1-2-5-24(20)30/h1-13,15-16H,14,17-18H2,(H,28,31). The molecule has 0 fully saturated rings. The number of nitrogens with one attached hydrogen (secondary N) is 1. The lowest BCUT2D eigenvalue weighted by Gasteiger charge is -2.17. The minimum Gasteiger partial charge on any atom is -0.322 e. The molecule has 0 saturated heterocycles. The molecular weight excluding hydrogens is 400 g/mol. The fourth-order valence-corrected chi connectivity index (χ4v) is 3.95. The molecule has 4 aromatic rings. The van der Waals surface area contributed by atoms with E-state index in [1.807, 2.05) is 52.2 Å². The van der Waals surface area contributed by atoms with Crippen molar-refractivity contribution in [2.45, 2.75) is 13.0 Å². The average molecular weight is 422 g/mol. The van der Waals surface area contributed by atoms with Gasteiger partial charge in [-0.15, -0.1) is 0 Å². The molecule has 32 heavy (non-hydrogen) atoms. The molecule has 5 rings (SSSR count). The monoisotopic (exact) mass is 422 g/mol. The Hall–Kier alpha value is -4.19. The van der Waals surface area contributed by atoms with Crippen LogP contribution in [0.4, 0.5) is 11.4 Å². The number of carbonyl (C=O) groups excluding carboxylic acids is 2. The number of carbonyl (C=O) groups is 2. The normalized spacial score (nSPS) is 12.4. The highest BCUT2D eigenvalue weighted by Gasteiger charge is 2.25. The molecule has 2 amide bonds. The van der Waals surface area contributed by atoms with Gasteiger partial charge < -0.3 is 10.2 Å². The van der Waals surface area contributed by atoms with Gasteiger partial charge >= 0.3 is 0 Å². The molecule has 158 valence electrons. The molecule has 3 aromatic carbocycles. The van der Waals surface area contributed by atoms with Crippen LogP contribution in [-0.2, 0) is 13.0 Å². The van der Waals surface area contributed by atoms with Crippen molar-refractivity contribution in [2.24, 2.45) is 0 Å². The Bertz CT molecular complexity index is 1250. The number of aromatic nitrogens is 2. The van der Waals surface area contributed by atoms with Crippen LogP contribution in [0.15, 0.2) is 91.3 Å². The summed E-state index contributed by atoms with van der Waals surface area (Å²) in [4.78, 5) is 27.4. The number of hydrogen-bond donors (Lipinski definition) is 1. The molecule has 1 N–H and O–H groups in total. The largest absolute Gasteiger partial charge is 0.322 e. The Kier molecular flexibility index (Phi) is 5.25. The topological polar surface area (TPSA) is 67.2 Å². The maximum atomic E-state index is 12.9. The van der Waals surface area contributed by atoms with Crippen molar-refractivity contribution < 1.29 is 9.59 Å². The van der Waals surface area contributed by atoms with Gasteiger partial charge in [-0.1, -0.05) is 30.3 Å². The number of benzene rings is 3. The first-order valence-corrected chi connectivity index (χ1v) is 10.5. The molecule has 0 atom stereocenters. The zero-order valence-corrected chi connectivity index (χ0v) is 17.4. The highest BCUT2D eigenvalue weighted by atomic mass is 16.2. The van der Waals surface area contributed by atoms with Gasteiger partial charge in [0, 0.05) is 41.4 Å². The Morgan fingerprint density at radius 3 is 2.38 bits per heavy atom. The fraction of sp³-hybridized carbons (Fsp3) is 0.115. The zero-order chi connectivity index (χ0) is 21.9. The van der Waals surface area contributed by atoms with Crippen molar-refractivity contribution in [1.29, 1.82) is 0 Å². The van der Waals surface area contributed by atoms with E-state index in [1.165, 1.54) is 5.56 Å². The quantitative estimate of drug-likeness (QED) is 0.519. The van der Waals surface area contributed by atoms with Gasteiger partial charge in [-0.3, -0.25) is 14.3 Å². The summed E-state index contributed by atoms with van der Waals surface area (Å²) in [6.45, 7) is 1.35. The maximum absolute atomic E-state index is 12.9. The second kappa shape index (κ2) is 8.51. The molecule has 0 bridgehead atoms. The van der Waals surface area contributed by atoms with Crippen molar-refractivity contribution in [1.82, 2.24) is 9.78 Å². The number of para-hydroxylation sites is 1. The lowest BCUT2D eigenvalue weighted by Crippen LogP contribution is -2.28. The van der Waals surface area contributed by atoms with Crippen molar-refractivity contribution >= 4 is 23.2 Å². The van der Waals surface area contributed by atoms with E-state index in [0.717, 1.165) is 17.7 Å². The van der Waals surface area contributed by atoms with Crippen molar-refractivity contribution in [3.8, 4) is 0 Å². The van der Waals surface area contributed by atoms with Gasteiger partial charge in [-0.25, -0.2) is 0 Å². The van der Waals surface area contributed by atoms with Crippen molar-refractivity contribution in [3.63, 3.8) is 0 Å². The average Bonchev–Trinajstić information content (AvgIpc) is 3.49. The second-order valence-electron chi connectivity index (χ2n) is 7.77. The summed E-state index contributed by atoms with van der Waals surface area (Å²) >= 11 is 0. The van der Waals surface area contributed by atoms with Crippen LogP contribution >= 0.6 is 0 Å². The predicted octanol–water partition coefficient (Wildman–Crippen LogP) is 4.39. The van der Waals surface area contributed by atoms with E-state index in [2.05, 4.69) is 16.5 Å². The summed E-state index contributed by atoms with van der Waals surface area (Å²) in [7, 11) is 0. The van der Waals surface area contributed by atoms with E-state index in [-0.39, 0.29) is 11.8 Å². The third-order valence-corrected chi connectivity index (χ3v) is 5.64.